The first-order valence-electron chi connectivity index (χ1n) is 9.08. The summed E-state index contributed by atoms with van der Waals surface area (Å²) in [7, 11) is 1.33. The number of nitrogens with zero attached hydrogens (tertiary/aromatic N) is 3. The van der Waals surface area contributed by atoms with Gasteiger partial charge in [-0.3, -0.25) is 19.5 Å². The van der Waals surface area contributed by atoms with Gasteiger partial charge >= 0.3 is 5.69 Å². The average Bonchev–Trinajstić information content (AvgIpc) is 3.21. The maximum absolute atomic E-state index is 12.5. The van der Waals surface area contributed by atoms with Crippen LogP contribution in [0.2, 0.25) is 0 Å². The molecule has 0 aliphatic carbocycles. The molecule has 30 heavy (non-hydrogen) atoms. The Hall–Kier alpha value is -3.85. The second kappa shape index (κ2) is 8.26. The third-order valence-corrected chi connectivity index (χ3v) is 5.47. The van der Waals surface area contributed by atoms with Crippen LogP contribution in [0.25, 0.3) is 0 Å². The molecule has 2 N–H and O–H groups in total. The molecule has 0 aliphatic heterocycles. The first kappa shape index (κ1) is 19.5. The summed E-state index contributed by atoms with van der Waals surface area (Å²) in [6.45, 7) is 0. The molecule has 0 saturated carbocycles. The quantitative estimate of drug-likeness (QED) is 0.516. The van der Waals surface area contributed by atoms with E-state index in [1.807, 2.05) is 60.7 Å². The lowest BCUT2D eigenvalue weighted by atomic mass is 9.92. The molecule has 2 heterocycles. The molecule has 4 rings (SSSR count). The Morgan fingerprint density at radius 2 is 1.60 bits per heavy atom. The van der Waals surface area contributed by atoms with E-state index in [0.29, 0.717) is 5.01 Å². The zero-order valence-corrected chi connectivity index (χ0v) is 16.7. The fourth-order valence-electron chi connectivity index (χ4n) is 3.01. The molecule has 0 radical (unpaired) electrons. The number of hydrogen-bond acceptors (Lipinski definition) is 6. The molecule has 1 amide bonds. The Labute approximate surface area is 174 Å². The van der Waals surface area contributed by atoms with Crippen molar-refractivity contribution in [2.75, 3.05) is 5.32 Å². The van der Waals surface area contributed by atoms with E-state index < -0.39 is 17.2 Å². The van der Waals surface area contributed by atoms with E-state index in [9.17, 15) is 14.4 Å². The van der Waals surface area contributed by atoms with Gasteiger partial charge in [-0.2, -0.15) is 0 Å². The van der Waals surface area contributed by atoms with Crippen LogP contribution in [0.15, 0.2) is 76.3 Å². The minimum Gasteiger partial charge on any atom is -0.302 e. The normalized spacial score (nSPS) is 10.9. The molecule has 0 atom stereocenters. The van der Waals surface area contributed by atoms with Crippen LogP contribution in [-0.2, 0) is 7.05 Å². The second-order valence-corrected chi connectivity index (χ2v) is 7.55. The molecule has 0 unspecified atom stereocenters. The number of rotatable bonds is 5. The van der Waals surface area contributed by atoms with E-state index in [-0.39, 0.29) is 16.7 Å². The van der Waals surface area contributed by atoms with Gasteiger partial charge in [-0.05, 0) is 11.1 Å². The molecular weight excluding hydrogens is 402 g/mol. The van der Waals surface area contributed by atoms with E-state index in [0.717, 1.165) is 21.8 Å². The highest BCUT2D eigenvalue weighted by Crippen LogP contribution is 2.34. The Morgan fingerprint density at radius 1 is 1.00 bits per heavy atom. The van der Waals surface area contributed by atoms with Crippen LogP contribution in [0.4, 0.5) is 5.13 Å². The van der Waals surface area contributed by atoms with Crippen LogP contribution in [0.1, 0.15) is 32.5 Å². The van der Waals surface area contributed by atoms with Crippen molar-refractivity contribution >= 4 is 22.4 Å². The molecule has 150 valence electrons. The monoisotopic (exact) mass is 419 g/mol. The van der Waals surface area contributed by atoms with Crippen LogP contribution in [0.5, 0.6) is 0 Å². The van der Waals surface area contributed by atoms with Gasteiger partial charge in [-0.1, -0.05) is 72.0 Å². The summed E-state index contributed by atoms with van der Waals surface area (Å²) in [5.74, 6) is -0.775. The van der Waals surface area contributed by atoms with Gasteiger partial charge < -0.3 is 4.98 Å². The molecule has 0 aliphatic rings. The standard InChI is InChI=1S/C21H17N5O3S/c1-26-16(27)12-15(22-21(26)29)18(28)23-20-25-24-19(30-20)17(13-8-4-2-5-9-13)14-10-6-3-7-11-14/h2-12,17H,1H3,(H,22,29)(H,23,25,28). The van der Waals surface area contributed by atoms with Crippen LogP contribution >= 0.6 is 11.3 Å². The number of aromatic amines is 1. The number of carbonyl (C=O) groups is 1. The predicted molar refractivity (Wildman–Crippen MR) is 114 cm³/mol. The van der Waals surface area contributed by atoms with Gasteiger partial charge in [0.05, 0.1) is 5.92 Å². The smallest absolute Gasteiger partial charge is 0.302 e. The first-order chi connectivity index (χ1) is 14.5. The molecule has 0 bridgehead atoms. The van der Waals surface area contributed by atoms with Crippen molar-refractivity contribution in [1.29, 1.82) is 0 Å². The zero-order valence-electron chi connectivity index (χ0n) is 15.9. The highest BCUT2D eigenvalue weighted by atomic mass is 32.1. The molecule has 8 nitrogen and oxygen atoms in total. The molecule has 2 aromatic carbocycles. The largest absolute Gasteiger partial charge is 0.328 e. The highest BCUT2D eigenvalue weighted by molar-refractivity contribution is 7.15. The SMILES string of the molecule is Cn1c(=O)cc(C(=O)Nc2nnc(C(c3ccccc3)c3ccccc3)s2)[nH]c1=O. The van der Waals surface area contributed by atoms with E-state index in [2.05, 4.69) is 20.5 Å². The van der Waals surface area contributed by atoms with Gasteiger partial charge in [0.2, 0.25) is 5.13 Å². The summed E-state index contributed by atoms with van der Waals surface area (Å²) in [5, 5.41) is 11.9. The van der Waals surface area contributed by atoms with Gasteiger partial charge in [0.15, 0.2) is 0 Å². The fourth-order valence-corrected chi connectivity index (χ4v) is 3.91. The molecule has 0 spiro atoms. The fraction of sp³-hybridized carbons (Fsp3) is 0.0952. The van der Waals surface area contributed by atoms with Crippen molar-refractivity contribution in [2.45, 2.75) is 5.92 Å². The molecule has 0 saturated heterocycles. The summed E-state index contributed by atoms with van der Waals surface area (Å²) in [6.07, 6.45) is 0. The number of H-pyrrole nitrogens is 1. The Morgan fingerprint density at radius 3 is 2.17 bits per heavy atom. The summed E-state index contributed by atoms with van der Waals surface area (Å²) in [4.78, 5) is 38.3. The van der Waals surface area contributed by atoms with Crippen molar-refractivity contribution in [3.05, 3.63) is 109 Å². The second-order valence-electron chi connectivity index (χ2n) is 6.54. The van der Waals surface area contributed by atoms with Crippen molar-refractivity contribution < 1.29 is 4.79 Å². The number of hydrogen-bond donors (Lipinski definition) is 2. The number of amides is 1. The van der Waals surface area contributed by atoms with E-state index >= 15 is 0 Å². The lowest BCUT2D eigenvalue weighted by Gasteiger charge is -2.14. The Balaban J connectivity index is 1.64. The lowest BCUT2D eigenvalue weighted by Crippen LogP contribution is -2.34. The summed E-state index contributed by atoms with van der Waals surface area (Å²) >= 11 is 1.24. The molecule has 4 aromatic rings. The maximum Gasteiger partial charge on any atom is 0.328 e. The minimum absolute atomic E-state index is 0.137. The Bertz CT molecular complexity index is 1220. The number of anilines is 1. The van der Waals surface area contributed by atoms with E-state index in [1.54, 1.807) is 0 Å². The molecular formula is C21H17N5O3S. The number of nitrogens with one attached hydrogen (secondary N) is 2. The van der Waals surface area contributed by atoms with Crippen LogP contribution < -0.4 is 16.6 Å². The third kappa shape index (κ3) is 3.96. The average molecular weight is 419 g/mol. The highest BCUT2D eigenvalue weighted by Gasteiger charge is 2.22. The van der Waals surface area contributed by atoms with Gasteiger partial charge in [0, 0.05) is 13.1 Å². The van der Waals surface area contributed by atoms with Crippen molar-refractivity contribution in [3.8, 4) is 0 Å². The first-order valence-corrected chi connectivity index (χ1v) is 9.89. The van der Waals surface area contributed by atoms with Gasteiger partial charge in [0.1, 0.15) is 10.7 Å². The number of benzene rings is 2. The summed E-state index contributed by atoms with van der Waals surface area (Å²) in [6, 6.07) is 20.9. The zero-order chi connectivity index (χ0) is 21.1. The maximum atomic E-state index is 12.5. The van der Waals surface area contributed by atoms with Crippen molar-refractivity contribution in [1.82, 2.24) is 19.7 Å². The number of aromatic nitrogens is 4. The predicted octanol–water partition coefficient (Wildman–Crippen LogP) is 2.36. The molecule has 0 fully saturated rings. The number of carbonyl (C=O) groups excluding carboxylic acids is 1. The van der Waals surface area contributed by atoms with E-state index in [4.69, 9.17) is 0 Å². The Kier molecular flexibility index (Phi) is 5.36. The van der Waals surface area contributed by atoms with E-state index in [1.165, 1.54) is 18.4 Å². The minimum atomic E-state index is -0.668. The van der Waals surface area contributed by atoms with Gasteiger partial charge in [-0.15, -0.1) is 10.2 Å². The van der Waals surface area contributed by atoms with Crippen molar-refractivity contribution in [2.24, 2.45) is 7.05 Å². The summed E-state index contributed by atoms with van der Waals surface area (Å²) < 4.78 is 0.879. The lowest BCUT2D eigenvalue weighted by molar-refractivity contribution is 0.102. The third-order valence-electron chi connectivity index (χ3n) is 4.56. The van der Waals surface area contributed by atoms with Gasteiger partial charge in [0.25, 0.3) is 11.5 Å². The van der Waals surface area contributed by atoms with Crippen LogP contribution in [-0.4, -0.2) is 25.7 Å². The summed E-state index contributed by atoms with van der Waals surface area (Å²) in [5.41, 5.74) is 0.721. The van der Waals surface area contributed by atoms with Crippen LogP contribution in [0, 0.1) is 0 Å². The van der Waals surface area contributed by atoms with Gasteiger partial charge in [-0.25, -0.2) is 4.79 Å². The molecule has 2 aromatic heterocycles. The topological polar surface area (TPSA) is 110 Å². The molecule has 9 heteroatoms. The van der Waals surface area contributed by atoms with Crippen molar-refractivity contribution in [3.63, 3.8) is 0 Å². The van der Waals surface area contributed by atoms with Crippen LogP contribution in [0.3, 0.4) is 0 Å².